The molecule has 2 fully saturated rings. The van der Waals surface area contributed by atoms with Crippen molar-refractivity contribution in [3.8, 4) is 0 Å². The molecule has 3 rings (SSSR count). The number of nitrogens with one attached hydrogen (secondary N) is 1. The van der Waals surface area contributed by atoms with Gasteiger partial charge in [-0.05, 0) is 69.2 Å². The summed E-state index contributed by atoms with van der Waals surface area (Å²) >= 11 is 6.39. The number of aliphatic imine (C=N–C) groups is 1. The maximum Gasteiger partial charge on any atom is 0.345 e. The minimum absolute atomic E-state index is 0.134. The molecule has 2 aliphatic rings. The van der Waals surface area contributed by atoms with E-state index in [-0.39, 0.29) is 11.3 Å². The molecule has 3 amide bonds. The third kappa shape index (κ3) is 6.82. The summed E-state index contributed by atoms with van der Waals surface area (Å²) in [5.74, 6) is 1.04. The highest BCUT2D eigenvalue weighted by atomic mass is 35.5. The van der Waals surface area contributed by atoms with Gasteiger partial charge >= 0.3 is 6.03 Å². The number of amides is 3. The second-order valence-corrected chi connectivity index (χ2v) is 9.95. The number of rotatable bonds is 8. The maximum atomic E-state index is 13.0. The first-order chi connectivity index (χ1) is 16.8. The van der Waals surface area contributed by atoms with Crippen LogP contribution < -0.4 is 5.32 Å². The zero-order valence-electron chi connectivity index (χ0n) is 21.0. The lowest BCUT2D eigenvalue weighted by atomic mass is 9.65. The van der Waals surface area contributed by atoms with E-state index in [1.54, 1.807) is 19.1 Å². The van der Waals surface area contributed by atoms with Gasteiger partial charge < -0.3 is 10.2 Å². The molecule has 0 atom stereocenters. The number of urea groups is 1. The first-order valence-corrected chi connectivity index (χ1v) is 12.7. The van der Waals surface area contributed by atoms with Gasteiger partial charge in [-0.2, -0.15) is 4.99 Å². The van der Waals surface area contributed by atoms with Gasteiger partial charge in [-0.1, -0.05) is 68.0 Å². The highest BCUT2D eigenvalue weighted by Gasteiger charge is 2.52. The molecule has 0 aromatic heterocycles. The van der Waals surface area contributed by atoms with E-state index in [0.29, 0.717) is 28.5 Å². The number of carbonyl (C=O) groups is 2. The van der Waals surface area contributed by atoms with Crippen LogP contribution in [-0.4, -0.2) is 29.1 Å². The van der Waals surface area contributed by atoms with Crippen molar-refractivity contribution in [3.63, 3.8) is 0 Å². The minimum Gasteiger partial charge on any atom is -0.337 e. The van der Waals surface area contributed by atoms with Gasteiger partial charge in [0.05, 0.1) is 5.41 Å². The summed E-state index contributed by atoms with van der Waals surface area (Å²) in [6.45, 7) is 11.3. The van der Waals surface area contributed by atoms with E-state index in [0.717, 1.165) is 43.7 Å². The Morgan fingerprint density at radius 3 is 2.63 bits per heavy atom. The Balaban J connectivity index is 1.58. The van der Waals surface area contributed by atoms with Gasteiger partial charge in [0.25, 0.3) is 0 Å². The molecule has 35 heavy (non-hydrogen) atoms. The number of halogens is 1. The van der Waals surface area contributed by atoms with Crippen LogP contribution in [0.1, 0.15) is 64.0 Å². The summed E-state index contributed by atoms with van der Waals surface area (Å²) in [7, 11) is 0. The van der Waals surface area contributed by atoms with Crippen LogP contribution in [0.5, 0.6) is 0 Å². The van der Waals surface area contributed by atoms with Gasteiger partial charge in [-0.25, -0.2) is 4.79 Å². The Kier molecular flexibility index (Phi) is 9.27. The Morgan fingerprint density at radius 1 is 1.26 bits per heavy atom. The van der Waals surface area contributed by atoms with Gasteiger partial charge in [-0.3, -0.25) is 4.79 Å². The van der Waals surface area contributed by atoms with Crippen LogP contribution in [0.3, 0.4) is 0 Å². The van der Waals surface area contributed by atoms with Crippen molar-refractivity contribution in [3.05, 3.63) is 77.4 Å². The van der Waals surface area contributed by atoms with Crippen LogP contribution in [0.2, 0.25) is 5.02 Å². The Morgan fingerprint density at radius 2 is 1.97 bits per heavy atom. The van der Waals surface area contributed by atoms with E-state index in [4.69, 9.17) is 11.6 Å². The van der Waals surface area contributed by atoms with Gasteiger partial charge in [0.2, 0.25) is 5.91 Å². The van der Waals surface area contributed by atoms with Gasteiger partial charge in [0.1, 0.15) is 0 Å². The topological polar surface area (TPSA) is 61.8 Å². The van der Waals surface area contributed by atoms with E-state index in [9.17, 15) is 9.59 Å². The number of benzene rings is 1. The number of hydrogen-bond donors (Lipinski definition) is 1. The van der Waals surface area contributed by atoms with Crippen molar-refractivity contribution < 1.29 is 9.59 Å². The van der Waals surface area contributed by atoms with Crippen molar-refractivity contribution in [2.75, 3.05) is 6.54 Å². The average Bonchev–Trinajstić information content (AvgIpc) is 2.84. The quantitative estimate of drug-likeness (QED) is 0.238. The van der Waals surface area contributed by atoms with E-state index < -0.39 is 6.03 Å². The molecule has 1 aromatic carbocycles. The molecule has 0 radical (unpaired) electrons. The number of hydrogen-bond acceptors (Lipinski definition) is 2. The first-order valence-electron chi connectivity index (χ1n) is 12.4. The second kappa shape index (κ2) is 12.2. The lowest BCUT2D eigenvalue weighted by molar-refractivity contribution is -0.165. The van der Waals surface area contributed by atoms with Crippen LogP contribution in [0.4, 0.5) is 4.79 Å². The van der Waals surface area contributed by atoms with Gasteiger partial charge in [0, 0.05) is 35.1 Å². The molecule has 1 aliphatic carbocycles. The summed E-state index contributed by atoms with van der Waals surface area (Å²) < 4.78 is 0. The average molecular weight is 494 g/mol. The Labute approximate surface area is 214 Å². The lowest BCUT2D eigenvalue weighted by Crippen LogP contribution is -2.61. The number of β-lactam (4-membered cyclic amide) rings is 1. The fourth-order valence-corrected chi connectivity index (χ4v) is 5.10. The third-order valence-electron chi connectivity index (χ3n) is 7.00. The van der Waals surface area contributed by atoms with E-state index in [1.807, 2.05) is 54.3 Å². The number of allylic oxidation sites excluding steroid dienone is 6. The zero-order valence-corrected chi connectivity index (χ0v) is 21.8. The smallest absolute Gasteiger partial charge is 0.337 e. The standard InChI is InChI=1S/C29H36ClN3O2/c1-5-7-8-9-10-11-21(3)31-28(35)32-22(4)25-18-24(12-13-26(25)30)19-33-20-29(27(33)34)16-14-23(6-2)15-17-29/h5,7-13,18,23H,4,6,14-17,19-20H2,1-3H3,(H,32,35)/b7-5-,9-8-,11-10+,31-21?. The molecular formula is C29H36ClN3O2. The van der Waals surface area contributed by atoms with Crippen LogP contribution in [-0.2, 0) is 11.3 Å². The molecule has 0 unspecified atom stereocenters. The molecule has 6 heteroatoms. The van der Waals surface area contributed by atoms with Crippen molar-refractivity contribution in [2.45, 2.75) is 59.4 Å². The molecule has 1 saturated carbocycles. The van der Waals surface area contributed by atoms with Crippen molar-refractivity contribution in [2.24, 2.45) is 16.3 Å². The molecule has 1 aliphatic heterocycles. The van der Waals surface area contributed by atoms with Crippen molar-refractivity contribution in [1.29, 1.82) is 0 Å². The largest absolute Gasteiger partial charge is 0.345 e. The number of nitrogens with zero attached hydrogens (tertiary/aromatic N) is 2. The lowest BCUT2D eigenvalue weighted by Gasteiger charge is -2.52. The maximum absolute atomic E-state index is 13.0. The summed E-state index contributed by atoms with van der Waals surface area (Å²) in [5.41, 5.74) is 2.39. The molecule has 1 saturated heterocycles. The van der Waals surface area contributed by atoms with Crippen LogP contribution >= 0.6 is 11.6 Å². The molecule has 1 aromatic rings. The zero-order chi connectivity index (χ0) is 25.4. The van der Waals surface area contributed by atoms with Crippen molar-refractivity contribution >= 4 is 34.9 Å². The predicted octanol–water partition coefficient (Wildman–Crippen LogP) is 7.10. The van der Waals surface area contributed by atoms with Crippen LogP contribution in [0.25, 0.3) is 5.70 Å². The minimum atomic E-state index is -0.515. The van der Waals surface area contributed by atoms with Crippen molar-refractivity contribution in [1.82, 2.24) is 10.2 Å². The van der Waals surface area contributed by atoms with Crippen LogP contribution in [0.15, 0.2) is 66.2 Å². The normalized spacial score (nSPS) is 23.0. The fraction of sp³-hybridized carbons (Fsp3) is 0.414. The monoisotopic (exact) mass is 493 g/mol. The van der Waals surface area contributed by atoms with Gasteiger partial charge in [-0.15, -0.1) is 0 Å². The van der Waals surface area contributed by atoms with Gasteiger partial charge in [0.15, 0.2) is 0 Å². The van der Waals surface area contributed by atoms with E-state index in [1.165, 1.54) is 6.42 Å². The van der Waals surface area contributed by atoms with Crippen LogP contribution in [0, 0.1) is 11.3 Å². The molecule has 1 N–H and O–H groups in total. The molecule has 1 heterocycles. The Hall–Kier alpha value is -2.92. The molecule has 1 spiro atoms. The summed E-state index contributed by atoms with van der Waals surface area (Å²) in [6, 6.07) is 5.07. The third-order valence-corrected chi connectivity index (χ3v) is 7.33. The molecular weight excluding hydrogens is 458 g/mol. The molecule has 186 valence electrons. The summed E-state index contributed by atoms with van der Waals surface area (Å²) in [6.07, 6.45) is 16.7. The number of carbonyl (C=O) groups excluding carboxylic acids is 2. The second-order valence-electron chi connectivity index (χ2n) is 9.54. The Bertz CT molecular complexity index is 1080. The molecule has 5 nitrogen and oxygen atoms in total. The highest BCUT2D eigenvalue weighted by Crippen LogP contribution is 2.47. The molecule has 0 bridgehead atoms. The fourth-order valence-electron chi connectivity index (χ4n) is 4.87. The predicted molar refractivity (Wildman–Crippen MR) is 145 cm³/mol. The highest BCUT2D eigenvalue weighted by molar-refractivity contribution is 6.32. The van der Waals surface area contributed by atoms with E-state index in [2.05, 4.69) is 23.8 Å². The first kappa shape index (κ1) is 26.7. The SMILES string of the molecule is C=C(NC(=O)N=C(C)/C=C/C=C\C=C/C)c1cc(CN2CC3(CCC(CC)CC3)C2=O)ccc1Cl. The summed E-state index contributed by atoms with van der Waals surface area (Å²) in [4.78, 5) is 31.3. The number of likely N-dealkylation sites (tertiary alicyclic amines) is 1. The van der Waals surface area contributed by atoms with E-state index >= 15 is 0 Å². The summed E-state index contributed by atoms with van der Waals surface area (Å²) in [5, 5.41) is 3.19.